The van der Waals surface area contributed by atoms with E-state index >= 15 is 0 Å². The Morgan fingerprint density at radius 1 is 1.48 bits per heavy atom. The molecule has 1 atom stereocenters. The molecule has 0 spiro atoms. The predicted octanol–water partition coefficient (Wildman–Crippen LogP) is 1.91. The van der Waals surface area contributed by atoms with Gasteiger partial charge in [-0.1, -0.05) is 25.4 Å². The molecule has 0 aliphatic carbocycles. The summed E-state index contributed by atoms with van der Waals surface area (Å²) >= 11 is 5.78. The first-order valence-corrected chi connectivity index (χ1v) is 8.25. The SMILES string of the molecule is COC(=O)C(CC(C)C)NS(=O)(=O)c1cnc(Cl)c(C)c1. The molecule has 1 N–H and O–H groups in total. The lowest BCUT2D eigenvalue weighted by Gasteiger charge is -2.18. The van der Waals surface area contributed by atoms with Gasteiger partial charge in [-0.3, -0.25) is 4.79 Å². The van der Waals surface area contributed by atoms with Gasteiger partial charge in [0.25, 0.3) is 0 Å². The van der Waals surface area contributed by atoms with Crippen molar-refractivity contribution in [2.75, 3.05) is 7.11 Å². The van der Waals surface area contributed by atoms with Crippen molar-refractivity contribution in [3.63, 3.8) is 0 Å². The number of carbonyl (C=O) groups excluding carboxylic acids is 1. The normalized spacial score (nSPS) is 13.2. The molecule has 1 unspecified atom stereocenters. The summed E-state index contributed by atoms with van der Waals surface area (Å²) in [6, 6.07) is 0.470. The van der Waals surface area contributed by atoms with Crippen LogP contribution in [0.5, 0.6) is 0 Å². The summed E-state index contributed by atoms with van der Waals surface area (Å²) in [6.07, 6.45) is 1.49. The summed E-state index contributed by atoms with van der Waals surface area (Å²) in [5.74, 6) is -0.493. The Labute approximate surface area is 129 Å². The van der Waals surface area contributed by atoms with E-state index in [1.165, 1.54) is 13.2 Å². The number of hydrogen-bond donors (Lipinski definition) is 1. The number of carbonyl (C=O) groups is 1. The van der Waals surface area contributed by atoms with Crippen molar-refractivity contribution >= 4 is 27.6 Å². The third-order valence-corrected chi connectivity index (χ3v) is 4.62. The molecule has 0 aliphatic heterocycles. The van der Waals surface area contributed by atoms with Crippen LogP contribution in [0, 0.1) is 12.8 Å². The molecule has 0 amide bonds. The minimum Gasteiger partial charge on any atom is -0.468 e. The quantitative estimate of drug-likeness (QED) is 0.634. The van der Waals surface area contributed by atoms with Crippen LogP contribution in [-0.4, -0.2) is 32.5 Å². The van der Waals surface area contributed by atoms with Crippen molar-refractivity contribution in [3.05, 3.63) is 23.0 Å². The Morgan fingerprint density at radius 2 is 2.10 bits per heavy atom. The van der Waals surface area contributed by atoms with E-state index in [4.69, 9.17) is 11.6 Å². The maximum atomic E-state index is 12.3. The van der Waals surface area contributed by atoms with Gasteiger partial charge in [0.05, 0.1) is 7.11 Å². The van der Waals surface area contributed by atoms with Gasteiger partial charge >= 0.3 is 5.97 Å². The van der Waals surface area contributed by atoms with Crippen LogP contribution >= 0.6 is 11.6 Å². The number of aryl methyl sites for hydroxylation is 1. The molecule has 0 saturated carbocycles. The zero-order chi connectivity index (χ0) is 16.2. The molecule has 1 aromatic rings. The Balaban J connectivity index is 3.05. The van der Waals surface area contributed by atoms with Crippen molar-refractivity contribution in [2.24, 2.45) is 5.92 Å². The molecule has 0 bridgehead atoms. The number of esters is 1. The Hall–Kier alpha value is -1.18. The van der Waals surface area contributed by atoms with E-state index < -0.39 is 22.0 Å². The largest absolute Gasteiger partial charge is 0.468 e. The standard InChI is InChI=1S/C13H19ClN2O4S/c1-8(2)5-11(13(17)20-4)16-21(18,19)10-6-9(3)12(14)15-7-10/h6-8,11,16H,5H2,1-4H3. The van der Waals surface area contributed by atoms with Crippen molar-refractivity contribution in [2.45, 2.75) is 38.1 Å². The monoisotopic (exact) mass is 334 g/mol. The van der Waals surface area contributed by atoms with E-state index in [1.54, 1.807) is 6.92 Å². The number of nitrogens with one attached hydrogen (secondary N) is 1. The van der Waals surface area contributed by atoms with Crippen LogP contribution in [-0.2, 0) is 19.6 Å². The summed E-state index contributed by atoms with van der Waals surface area (Å²) in [4.78, 5) is 15.5. The molecular weight excluding hydrogens is 316 g/mol. The highest BCUT2D eigenvalue weighted by molar-refractivity contribution is 7.89. The fourth-order valence-electron chi connectivity index (χ4n) is 1.74. The minimum absolute atomic E-state index is 0.0398. The molecule has 1 aromatic heterocycles. The fraction of sp³-hybridized carbons (Fsp3) is 0.538. The van der Waals surface area contributed by atoms with Crippen LogP contribution in [0.2, 0.25) is 5.15 Å². The van der Waals surface area contributed by atoms with Gasteiger partial charge in [0, 0.05) is 6.20 Å². The number of aromatic nitrogens is 1. The van der Waals surface area contributed by atoms with Crippen molar-refractivity contribution in [1.29, 1.82) is 0 Å². The number of ether oxygens (including phenoxy) is 1. The average Bonchev–Trinajstić information content (AvgIpc) is 2.39. The van der Waals surface area contributed by atoms with Crippen LogP contribution in [0.25, 0.3) is 0 Å². The maximum Gasteiger partial charge on any atom is 0.323 e. The number of methoxy groups -OCH3 is 1. The van der Waals surface area contributed by atoms with E-state index in [0.29, 0.717) is 12.0 Å². The van der Waals surface area contributed by atoms with E-state index in [9.17, 15) is 13.2 Å². The van der Waals surface area contributed by atoms with Gasteiger partial charge in [-0.15, -0.1) is 0 Å². The summed E-state index contributed by atoms with van der Waals surface area (Å²) in [5.41, 5.74) is 0.540. The van der Waals surface area contributed by atoms with Crippen LogP contribution < -0.4 is 4.72 Å². The number of halogens is 1. The number of hydrogen-bond acceptors (Lipinski definition) is 5. The van der Waals surface area contributed by atoms with Gasteiger partial charge in [-0.25, -0.2) is 13.4 Å². The third kappa shape index (κ3) is 4.94. The Morgan fingerprint density at radius 3 is 2.57 bits per heavy atom. The second kappa shape index (κ2) is 7.20. The minimum atomic E-state index is -3.87. The van der Waals surface area contributed by atoms with Crippen molar-refractivity contribution < 1.29 is 17.9 Å². The van der Waals surface area contributed by atoms with Gasteiger partial charge in [0.2, 0.25) is 10.0 Å². The molecule has 0 aliphatic rings. The molecule has 8 heteroatoms. The second-order valence-corrected chi connectivity index (χ2v) is 7.18. The molecular formula is C13H19ClN2O4S. The molecule has 1 heterocycles. The van der Waals surface area contributed by atoms with Crippen LogP contribution in [0.3, 0.4) is 0 Å². The molecule has 0 fully saturated rings. The smallest absolute Gasteiger partial charge is 0.323 e. The van der Waals surface area contributed by atoms with E-state index in [0.717, 1.165) is 6.20 Å². The average molecular weight is 335 g/mol. The number of nitrogens with zero attached hydrogens (tertiary/aromatic N) is 1. The fourth-order valence-corrected chi connectivity index (χ4v) is 3.07. The molecule has 0 saturated heterocycles. The topological polar surface area (TPSA) is 85.4 Å². The van der Waals surface area contributed by atoms with E-state index in [-0.39, 0.29) is 16.0 Å². The van der Waals surface area contributed by atoms with Crippen molar-refractivity contribution in [1.82, 2.24) is 9.71 Å². The van der Waals surface area contributed by atoms with Gasteiger partial charge in [-0.2, -0.15) is 4.72 Å². The highest BCUT2D eigenvalue weighted by atomic mass is 35.5. The van der Waals surface area contributed by atoms with E-state index in [1.807, 2.05) is 13.8 Å². The predicted molar refractivity (Wildman–Crippen MR) is 79.6 cm³/mol. The summed E-state index contributed by atoms with van der Waals surface area (Å²) in [6.45, 7) is 5.43. The molecule has 6 nitrogen and oxygen atoms in total. The lowest BCUT2D eigenvalue weighted by molar-refractivity contribution is -0.143. The van der Waals surface area contributed by atoms with Gasteiger partial charge in [-0.05, 0) is 30.9 Å². The summed E-state index contributed by atoms with van der Waals surface area (Å²) in [5, 5.41) is 0.237. The molecule has 118 valence electrons. The Bertz CT molecular complexity index is 617. The highest BCUT2D eigenvalue weighted by Gasteiger charge is 2.27. The number of rotatable bonds is 6. The second-order valence-electron chi connectivity index (χ2n) is 5.11. The van der Waals surface area contributed by atoms with Crippen LogP contribution in [0.4, 0.5) is 0 Å². The van der Waals surface area contributed by atoms with Gasteiger partial charge in [0.1, 0.15) is 16.1 Å². The Kier molecular flexibility index (Phi) is 6.12. The summed E-state index contributed by atoms with van der Waals surface area (Å²) in [7, 11) is -2.65. The third-order valence-electron chi connectivity index (χ3n) is 2.79. The highest BCUT2D eigenvalue weighted by Crippen LogP contribution is 2.17. The zero-order valence-electron chi connectivity index (χ0n) is 12.4. The van der Waals surface area contributed by atoms with Crippen molar-refractivity contribution in [3.8, 4) is 0 Å². The maximum absolute atomic E-state index is 12.3. The lowest BCUT2D eigenvalue weighted by atomic mass is 10.1. The lowest BCUT2D eigenvalue weighted by Crippen LogP contribution is -2.42. The van der Waals surface area contributed by atoms with Gasteiger partial charge < -0.3 is 4.74 Å². The zero-order valence-corrected chi connectivity index (χ0v) is 14.0. The van der Waals surface area contributed by atoms with E-state index in [2.05, 4.69) is 14.4 Å². The first-order valence-electron chi connectivity index (χ1n) is 6.39. The summed E-state index contributed by atoms with van der Waals surface area (Å²) < 4.78 is 31.6. The van der Waals surface area contributed by atoms with Crippen LogP contribution in [0.15, 0.2) is 17.2 Å². The number of pyridine rings is 1. The first kappa shape index (κ1) is 17.9. The number of sulfonamides is 1. The first-order chi connectivity index (χ1) is 9.67. The molecule has 0 radical (unpaired) electrons. The molecule has 21 heavy (non-hydrogen) atoms. The van der Waals surface area contributed by atoms with Crippen LogP contribution in [0.1, 0.15) is 25.8 Å². The van der Waals surface area contributed by atoms with Gasteiger partial charge in [0.15, 0.2) is 0 Å². The molecule has 0 aromatic carbocycles. The molecule has 1 rings (SSSR count).